The maximum absolute atomic E-state index is 13.0. The van der Waals surface area contributed by atoms with E-state index in [2.05, 4.69) is 20.6 Å². The molecule has 0 radical (unpaired) electrons. The third kappa shape index (κ3) is 4.22. The number of nitriles is 1. The molecule has 0 aromatic carbocycles. The zero-order valence-electron chi connectivity index (χ0n) is 17.5. The van der Waals surface area contributed by atoms with Crippen molar-refractivity contribution in [3.63, 3.8) is 0 Å². The molecule has 0 bridgehead atoms. The topological polar surface area (TPSA) is 132 Å². The van der Waals surface area contributed by atoms with Gasteiger partial charge in [-0.1, -0.05) is 11.6 Å². The molecule has 0 aliphatic heterocycles. The molecule has 32 heavy (non-hydrogen) atoms. The van der Waals surface area contributed by atoms with E-state index >= 15 is 0 Å². The number of hydrogen-bond acceptors (Lipinski definition) is 7. The van der Waals surface area contributed by atoms with Gasteiger partial charge in [-0.05, 0) is 56.4 Å². The van der Waals surface area contributed by atoms with E-state index in [0.29, 0.717) is 23.7 Å². The molecule has 0 amide bonds. The van der Waals surface area contributed by atoms with Gasteiger partial charge in [-0.2, -0.15) is 5.26 Å². The minimum absolute atomic E-state index is 0.0321. The zero-order valence-corrected chi connectivity index (χ0v) is 18.3. The predicted molar refractivity (Wildman–Crippen MR) is 120 cm³/mol. The smallest absolute Gasteiger partial charge is 0.356 e. The Balaban J connectivity index is 1.80. The van der Waals surface area contributed by atoms with E-state index in [0.717, 1.165) is 18.4 Å². The highest BCUT2D eigenvalue weighted by Gasteiger charge is 2.24. The summed E-state index contributed by atoms with van der Waals surface area (Å²) in [5, 5.41) is 25.4. The van der Waals surface area contributed by atoms with Crippen LogP contribution in [0.3, 0.4) is 0 Å². The molecule has 1 atom stereocenters. The van der Waals surface area contributed by atoms with Gasteiger partial charge in [0.15, 0.2) is 17.1 Å². The standard InChI is InChI=1S/C22H21ClN6O3/c1-11-7-14(12(2)26-16-5-6-17(23)27-18(16)22(31)32)20-28-19(25-9-13-3-4-13)15(8-24)21(30)29(20)10-11/h5-7,10,12-13,25-26H,3-4,9H2,1-2H3,(H,31,32)/t12-/m1/s1. The van der Waals surface area contributed by atoms with Crippen LogP contribution in [0.15, 0.2) is 29.2 Å². The van der Waals surface area contributed by atoms with Crippen LogP contribution < -0.4 is 16.2 Å². The molecule has 1 aliphatic rings. The number of hydrogen-bond donors (Lipinski definition) is 3. The molecule has 10 heteroatoms. The summed E-state index contributed by atoms with van der Waals surface area (Å²) in [7, 11) is 0. The van der Waals surface area contributed by atoms with Crippen molar-refractivity contribution in [1.82, 2.24) is 14.4 Å². The highest BCUT2D eigenvalue weighted by atomic mass is 35.5. The molecule has 0 saturated heterocycles. The van der Waals surface area contributed by atoms with Crippen molar-refractivity contribution >= 4 is 34.7 Å². The Kier molecular flexibility index (Phi) is 5.72. The molecule has 3 heterocycles. The summed E-state index contributed by atoms with van der Waals surface area (Å²) in [5.74, 6) is -0.413. The summed E-state index contributed by atoms with van der Waals surface area (Å²) in [6, 6.07) is 6.46. The normalized spacial score (nSPS) is 14.1. The number of halogens is 1. The number of carbonyl (C=O) groups is 1. The highest BCUT2D eigenvalue weighted by molar-refractivity contribution is 6.29. The predicted octanol–water partition coefficient (Wildman–Crippen LogP) is 3.62. The van der Waals surface area contributed by atoms with Gasteiger partial charge in [0.05, 0.1) is 11.7 Å². The van der Waals surface area contributed by atoms with Crippen LogP contribution in [-0.4, -0.2) is 32.0 Å². The van der Waals surface area contributed by atoms with Gasteiger partial charge in [-0.15, -0.1) is 0 Å². The van der Waals surface area contributed by atoms with Gasteiger partial charge in [0.1, 0.15) is 16.9 Å². The van der Waals surface area contributed by atoms with Gasteiger partial charge in [-0.25, -0.2) is 14.8 Å². The van der Waals surface area contributed by atoms with Crippen LogP contribution >= 0.6 is 11.6 Å². The van der Waals surface area contributed by atoms with E-state index in [1.165, 1.54) is 10.5 Å². The quantitative estimate of drug-likeness (QED) is 0.463. The van der Waals surface area contributed by atoms with Crippen molar-refractivity contribution in [2.45, 2.75) is 32.7 Å². The molecule has 0 spiro atoms. The fraction of sp³-hybridized carbons (Fsp3) is 0.318. The third-order valence-corrected chi connectivity index (χ3v) is 5.57. The molecule has 164 valence electrons. The molecular weight excluding hydrogens is 432 g/mol. The van der Waals surface area contributed by atoms with Crippen molar-refractivity contribution in [2.24, 2.45) is 5.92 Å². The first-order valence-corrected chi connectivity index (χ1v) is 10.5. The molecule has 0 unspecified atom stereocenters. The van der Waals surface area contributed by atoms with Crippen LogP contribution in [0, 0.1) is 24.2 Å². The monoisotopic (exact) mass is 452 g/mol. The van der Waals surface area contributed by atoms with Gasteiger partial charge in [0.2, 0.25) is 0 Å². The van der Waals surface area contributed by atoms with Crippen molar-refractivity contribution in [2.75, 3.05) is 17.2 Å². The lowest BCUT2D eigenvalue weighted by atomic mass is 10.1. The summed E-state index contributed by atoms with van der Waals surface area (Å²) in [6.45, 7) is 4.32. The molecule has 1 fully saturated rings. The van der Waals surface area contributed by atoms with Crippen molar-refractivity contribution in [3.05, 3.63) is 62.3 Å². The number of rotatable bonds is 7. The number of carboxylic acids is 1. The molecule has 1 saturated carbocycles. The number of aromatic carboxylic acids is 1. The van der Waals surface area contributed by atoms with Crippen LogP contribution in [0.4, 0.5) is 11.5 Å². The Labute approximate surface area is 188 Å². The molecule has 1 aliphatic carbocycles. The van der Waals surface area contributed by atoms with Crippen molar-refractivity contribution < 1.29 is 9.90 Å². The number of pyridine rings is 2. The van der Waals surface area contributed by atoms with Gasteiger partial charge >= 0.3 is 5.97 Å². The van der Waals surface area contributed by atoms with Gasteiger partial charge in [-0.3, -0.25) is 9.20 Å². The maximum atomic E-state index is 13.0. The zero-order chi connectivity index (χ0) is 23.0. The lowest BCUT2D eigenvalue weighted by molar-refractivity contribution is 0.0691. The number of aryl methyl sites for hydroxylation is 1. The maximum Gasteiger partial charge on any atom is 0.356 e. The first-order valence-electron chi connectivity index (χ1n) is 10.2. The van der Waals surface area contributed by atoms with Crippen LogP contribution in [0.25, 0.3) is 5.65 Å². The number of aromatic nitrogens is 3. The van der Waals surface area contributed by atoms with Crippen LogP contribution in [0.1, 0.15) is 53.0 Å². The molecule has 3 aromatic rings. The molecular formula is C22H21ClN6O3. The van der Waals surface area contributed by atoms with Gasteiger partial charge in [0, 0.05) is 18.3 Å². The number of nitrogens with one attached hydrogen (secondary N) is 2. The van der Waals surface area contributed by atoms with Crippen LogP contribution in [-0.2, 0) is 0 Å². The number of fused-ring (bicyclic) bond motifs is 1. The summed E-state index contributed by atoms with van der Waals surface area (Å²) < 4.78 is 1.36. The molecule has 4 rings (SSSR count). The summed E-state index contributed by atoms with van der Waals surface area (Å²) in [6.07, 6.45) is 3.88. The summed E-state index contributed by atoms with van der Waals surface area (Å²) in [5.41, 5.74) is 1.45. The summed E-state index contributed by atoms with van der Waals surface area (Å²) >= 11 is 5.85. The second-order valence-electron chi connectivity index (χ2n) is 7.94. The van der Waals surface area contributed by atoms with Crippen molar-refractivity contribution in [3.8, 4) is 6.07 Å². The Morgan fingerprint density at radius 3 is 2.81 bits per heavy atom. The minimum Gasteiger partial charge on any atom is -0.476 e. The first-order chi connectivity index (χ1) is 15.3. The van der Waals surface area contributed by atoms with Gasteiger partial charge in [0.25, 0.3) is 5.56 Å². The fourth-order valence-electron chi connectivity index (χ4n) is 3.54. The SMILES string of the molecule is Cc1cc([C@@H](C)Nc2ccc(Cl)nc2C(=O)O)c2nc(NCC3CC3)c(C#N)c(=O)n2c1. The van der Waals surface area contributed by atoms with E-state index < -0.39 is 17.6 Å². The Morgan fingerprint density at radius 1 is 1.41 bits per heavy atom. The largest absolute Gasteiger partial charge is 0.476 e. The Morgan fingerprint density at radius 2 is 2.16 bits per heavy atom. The number of nitrogens with zero attached hydrogens (tertiary/aromatic N) is 4. The average molecular weight is 453 g/mol. The Bertz CT molecular complexity index is 1330. The van der Waals surface area contributed by atoms with E-state index in [1.807, 2.05) is 26.0 Å². The second-order valence-corrected chi connectivity index (χ2v) is 8.33. The second kappa shape index (κ2) is 8.48. The molecule has 3 aromatic heterocycles. The van der Waals surface area contributed by atoms with E-state index in [9.17, 15) is 20.0 Å². The number of anilines is 2. The summed E-state index contributed by atoms with van der Waals surface area (Å²) in [4.78, 5) is 33.1. The minimum atomic E-state index is -1.21. The third-order valence-electron chi connectivity index (χ3n) is 5.36. The first kappa shape index (κ1) is 21.6. The van der Waals surface area contributed by atoms with Gasteiger partial charge < -0.3 is 15.7 Å². The lowest BCUT2D eigenvalue weighted by Crippen LogP contribution is -2.24. The number of carboxylic acid groups (broad SMARTS) is 1. The lowest BCUT2D eigenvalue weighted by Gasteiger charge is -2.20. The average Bonchev–Trinajstić information content (AvgIpc) is 3.58. The van der Waals surface area contributed by atoms with Crippen molar-refractivity contribution in [1.29, 1.82) is 5.26 Å². The fourth-order valence-corrected chi connectivity index (χ4v) is 3.69. The van der Waals surface area contributed by atoms with E-state index in [4.69, 9.17) is 11.6 Å². The van der Waals surface area contributed by atoms with Crippen LogP contribution in [0.2, 0.25) is 5.15 Å². The Hall–Kier alpha value is -3.64. The van der Waals surface area contributed by atoms with Crippen LogP contribution in [0.5, 0.6) is 0 Å². The highest BCUT2D eigenvalue weighted by Crippen LogP contribution is 2.30. The van der Waals surface area contributed by atoms with E-state index in [-0.39, 0.29) is 27.9 Å². The molecule has 3 N–H and O–H groups in total. The van der Waals surface area contributed by atoms with E-state index in [1.54, 1.807) is 12.3 Å². The molecule has 9 nitrogen and oxygen atoms in total.